The van der Waals surface area contributed by atoms with Gasteiger partial charge in [0.2, 0.25) is 0 Å². The van der Waals surface area contributed by atoms with E-state index < -0.39 is 0 Å². The minimum Gasteiger partial charge on any atom is -0.378 e. The van der Waals surface area contributed by atoms with Gasteiger partial charge in [-0.2, -0.15) is 0 Å². The molecular formula is C19H19FN4O. The topological polar surface area (TPSA) is 64.3 Å². The van der Waals surface area contributed by atoms with Gasteiger partial charge in [-0.25, -0.2) is 9.37 Å². The predicted octanol–water partition coefficient (Wildman–Crippen LogP) is 2.73. The molecule has 0 unspecified atom stereocenters. The summed E-state index contributed by atoms with van der Waals surface area (Å²) in [4.78, 5) is 11.4. The largest absolute Gasteiger partial charge is 0.378 e. The molecule has 3 aromatic rings. The van der Waals surface area contributed by atoms with E-state index in [2.05, 4.69) is 9.88 Å². The molecule has 0 spiro atoms. The molecule has 6 heteroatoms. The lowest BCUT2D eigenvalue weighted by atomic mass is 9.99. The molecular weight excluding hydrogens is 319 g/mol. The normalized spacial score (nSPS) is 14.9. The van der Waals surface area contributed by atoms with E-state index in [1.54, 1.807) is 12.3 Å². The lowest BCUT2D eigenvalue weighted by Gasteiger charge is -2.27. The Labute approximate surface area is 145 Å². The van der Waals surface area contributed by atoms with Crippen molar-refractivity contribution in [3.05, 3.63) is 54.0 Å². The first-order valence-electron chi connectivity index (χ1n) is 8.33. The van der Waals surface area contributed by atoms with Crippen LogP contribution in [0.3, 0.4) is 0 Å². The summed E-state index contributed by atoms with van der Waals surface area (Å²) in [5, 5.41) is 0. The zero-order chi connectivity index (χ0) is 17.2. The number of nitrogens with two attached hydrogens (primary N) is 1. The van der Waals surface area contributed by atoms with Gasteiger partial charge in [0.15, 0.2) is 0 Å². The molecule has 0 radical (unpaired) electrons. The molecule has 25 heavy (non-hydrogen) atoms. The number of anilines is 1. The van der Waals surface area contributed by atoms with Gasteiger partial charge in [0, 0.05) is 19.6 Å². The molecule has 0 saturated carbocycles. The van der Waals surface area contributed by atoms with Crippen LogP contribution in [0.5, 0.6) is 0 Å². The highest BCUT2D eigenvalue weighted by molar-refractivity contribution is 5.83. The lowest BCUT2D eigenvalue weighted by molar-refractivity contribution is 0.122. The van der Waals surface area contributed by atoms with Gasteiger partial charge in [-0.1, -0.05) is 12.1 Å². The van der Waals surface area contributed by atoms with E-state index in [-0.39, 0.29) is 5.82 Å². The van der Waals surface area contributed by atoms with Crippen molar-refractivity contribution in [2.75, 3.05) is 31.2 Å². The molecule has 1 aliphatic rings. The number of nitrogens with zero attached hydrogens (tertiary/aromatic N) is 3. The molecule has 1 aromatic heterocycles. The highest BCUT2D eigenvalue weighted by Crippen LogP contribution is 2.28. The Morgan fingerprint density at radius 3 is 2.72 bits per heavy atom. The monoisotopic (exact) mass is 338 g/mol. The third kappa shape index (κ3) is 3.18. The van der Waals surface area contributed by atoms with Gasteiger partial charge in [-0.15, -0.1) is 0 Å². The number of halogens is 1. The maximum Gasteiger partial charge on any atom is 0.148 e. The van der Waals surface area contributed by atoms with E-state index in [1.807, 2.05) is 18.2 Å². The van der Waals surface area contributed by atoms with Crippen molar-refractivity contribution in [2.24, 2.45) is 5.73 Å². The second kappa shape index (κ2) is 6.74. The first-order chi connectivity index (χ1) is 12.2. The molecule has 0 atom stereocenters. The maximum absolute atomic E-state index is 13.7. The van der Waals surface area contributed by atoms with E-state index in [9.17, 15) is 4.39 Å². The Morgan fingerprint density at radius 2 is 1.92 bits per heavy atom. The molecule has 2 N–H and O–H groups in total. The van der Waals surface area contributed by atoms with Crippen LogP contribution in [0.4, 0.5) is 10.2 Å². The van der Waals surface area contributed by atoms with E-state index in [1.165, 1.54) is 12.1 Å². The SMILES string of the molecule is NCc1ccc(F)cc1-c1ccc2ncc(N3CCOCC3)nc2c1. The fourth-order valence-electron chi connectivity index (χ4n) is 3.11. The molecule has 1 saturated heterocycles. The second-order valence-corrected chi connectivity index (χ2v) is 6.04. The molecule has 0 aliphatic carbocycles. The van der Waals surface area contributed by atoms with Crippen molar-refractivity contribution < 1.29 is 9.13 Å². The van der Waals surface area contributed by atoms with E-state index in [0.717, 1.165) is 46.6 Å². The summed E-state index contributed by atoms with van der Waals surface area (Å²) < 4.78 is 19.1. The van der Waals surface area contributed by atoms with Crippen LogP contribution < -0.4 is 10.6 Å². The number of hydrogen-bond acceptors (Lipinski definition) is 5. The van der Waals surface area contributed by atoms with Gasteiger partial charge in [0.25, 0.3) is 0 Å². The standard InChI is InChI=1S/C19H19FN4O/c20-15-3-1-14(11-21)16(10-15)13-2-4-17-18(9-13)23-19(12-22-17)24-5-7-25-8-6-24/h1-4,9-10,12H,5-8,11,21H2. The summed E-state index contributed by atoms with van der Waals surface area (Å²) in [5.41, 5.74) is 9.99. The van der Waals surface area contributed by atoms with Gasteiger partial charge in [0.05, 0.1) is 30.4 Å². The van der Waals surface area contributed by atoms with Crippen molar-refractivity contribution in [3.63, 3.8) is 0 Å². The third-order valence-electron chi connectivity index (χ3n) is 4.47. The number of benzene rings is 2. The molecule has 5 nitrogen and oxygen atoms in total. The third-order valence-corrected chi connectivity index (χ3v) is 4.47. The Hall–Kier alpha value is -2.57. The van der Waals surface area contributed by atoms with Crippen LogP contribution in [0.2, 0.25) is 0 Å². The molecule has 1 aliphatic heterocycles. The number of fused-ring (bicyclic) bond motifs is 1. The van der Waals surface area contributed by atoms with Gasteiger partial charge in [0.1, 0.15) is 11.6 Å². The number of hydrogen-bond donors (Lipinski definition) is 1. The van der Waals surface area contributed by atoms with E-state index >= 15 is 0 Å². The second-order valence-electron chi connectivity index (χ2n) is 6.04. The summed E-state index contributed by atoms with van der Waals surface area (Å²) in [6.45, 7) is 3.36. The number of ether oxygens (including phenoxy) is 1. The van der Waals surface area contributed by atoms with Crippen molar-refractivity contribution >= 4 is 16.9 Å². The molecule has 128 valence electrons. The average Bonchev–Trinajstić information content (AvgIpc) is 2.68. The van der Waals surface area contributed by atoms with E-state index in [0.29, 0.717) is 19.8 Å². The van der Waals surface area contributed by atoms with Crippen LogP contribution in [-0.4, -0.2) is 36.3 Å². The quantitative estimate of drug-likeness (QED) is 0.795. The van der Waals surface area contributed by atoms with Crippen LogP contribution in [-0.2, 0) is 11.3 Å². The predicted molar refractivity (Wildman–Crippen MR) is 95.9 cm³/mol. The molecule has 4 rings (SSSR count). The van der Waals surface area contributed by atoms with Gasteiger partial charge in [-0.05, 0) is 41.0 Å². The Balaban J connectivity index is 1.77. The van der Waals surface area contributed by atoms with Crippen LogP contribution in [0.15, 0.2) is 42.6 Å². The van der Waals surface area contributed by atoms with Crippen molar-refractivity contribution in [1.82, 2.24) is 9.97 Å². The molecule has 2 aromatic carbocycles. The van der Waals surface area contributed by atoms with Crippen molar-refractivity contribution in [3.8, 4) is 11.1 Å². The summed E-state index contributed by atoms with van der Waals surface area (Å²) >= 11 is 0. The zero-order valence-electron chi connectivity index (χ0n) is 13.8. The maximum atomic E-state index is 13.7. The Morgan fingerprint density at radius 1 is 1.08 bits per heavy atom. The molecule has 0 amide bonds. The fraction of sp³-hybridized carbons (Fsp3) is 0.263. The van der Waals surface area contributed by atoms with Gasteiger partial charge < -0.3 is 15.4 Å². The minimum absolute atomic E-state index is 0.277. The first-order valence-corrected chi connectivity index (χ1v) is 8.33. The summed E-state index contributed by atoms with van der Waals surface area (Å²) in [7, 11) is 0. The number of morpholine rings is 1. The molecule has 1 fully saturated rings. The summed E-state index contributed by atoms with van der Waals surface area (Å²) in [6.07, 6.45) is 1.79. The minimum atomic E-state index is -0.277. The zero-order valence-corrected chi connectivity index (χ0v) is 13.8. The van der Waals surface area contributed by atoms with Crippen LogP contribution in [0.25, 0.3) is 22.2 Å². The first kappa shape index (κ1) is 15.9. The van der Waals surface area contributed by atoms with Gasteiger partial charge in [-0.3, -0.25) is 4.98 Å². The molecule has 0 bridgehead atoms. The smallest absolute Gasteiger partial charge is 0.148 e. The highest BCUT2D eigenvalue weighted by atomic mass is 19.1. The fourth-order valence-corrected chi connectivity index (χ4v) is 3.11. The van der Waals surface area contributed by atoms with Crippen LogP contribution in [0, 0.1) is 5.82 Å². The van der Waals surface area contributed by atoms with E-state index in [4.69, 9.17) is 15.5 Å². The highest BCUT2D eigenvalue weighted by Gasteiger charge is 2.14. The van der Waals surface area contributed by atoms with Crippen LogP contribution >= 0.6 is 0 Å². The van der Waals surface area contributed by atoms with Crippen molar-refractivity contribution in [2.45, 2.75) is 6.54 Å². The van der Waals surface area contributed by atoms with Crippen LogP contribution in [0.1, 0.15) is 5.56 Å². The van der Waals surface area contributed by atoms with Gasteiger partial charge >= 0.3 is 0 Å². The number of aromatic nitrogens is 2. The molecule has 2 heterocycles. The Kier molecular flexibility index (Phi) is 4.29. The lowest BCUT2D eigenvalue weighted by Crippen LogP contribution is -2.36. The van der Waals surface area contributed by atoms with Crippen molar-refractivity contribution in [1.29, 1.82) is 0 Å². The average molecular weight is 338 g/mol. The Bertz CT molecular complexity index is 909. The number of rotatable bonds is 3. The summed E-state index contributed by atoms with van der Waals surface area (Å²) in [6, 6.07) is 10.5. The summed E-state index contributed by atoms with van der Waals surface area (Å²) in [5.74, 6) is 0.562.